The van der Waals surface area contributed by atoms with Crippen LogP contribution in [0.25, 0.3) is 10.9 Å². The number of para-hydroxylation sites is 1. The topological polar surface area (TPSA) is 42.9 Å². The van der Waals surface area contributed by atoms with Gasteiger partial charge >= 0.3 is 16.4 Å². The summed E-state index contributed by atoms with van der Waals surface area (Å²) in [5.41, 5.74) is -4.53. The lowest BCUT2D eigenvalue weighted by Gasteiger charge is -2.39. The maximum atomic E-state index is 13.3. The first-order valence-electron chi connectivity index (χ1n) is 7.29. The first-order chi connectivity index (χ1) is 12.6. The monoisotopic (exact) mass is 428 g/mol. The largest absolute Gasteiger partial charge is 0.418 e. The molecule has 3 nitrogen and oxygen atoms in total. The summed E-state index contributed by atoms with van der Waals surface area (Å²) in [6, 6.07) is 5.64. The molecule has 0 aliphatic carbocycles. The smallest absolute Gasteiger partial charge is 0.287 e. The third kappa shape index (κ3) is 3.77. The van der Waals surface area contributed by atoms with E-state index >= 15 is 0 Å². The minimum atomic E-state index is -10.5. The Hall–Kier alpha value is -2.76. The van der Waals surface area contributed by atoms with Crippen LogP contribution in [0.4, 0.5) is 32.6 Å². The maximum absolute atomic E-state index is 13.3. The van der Waals surface area contributed by atoms with Crippen LogP contribution in [0.2, 0.25) is 0 Å². The third-order valence-corrected chi connectivity index (χ3v) is 4.66. The lowest BCUT2D eigenvalue weighted by Crippen LogP contribution is -2.15. The number of halogens is 8. The predicted octanol–water partition coefficient (Wildman–Crippen LogP) is 6.54. The fourth-order valence-corrected chi connectivity index (χ4v) is 3.08. The summed E-state index contributed by atoms with van der Waals surface area (Å²) in [4.78, 5) is 18.7. The third-order valence-electron chi connectivity index (χ3n) is 3.66. The molecule has 2 aromatic heterocycles. The molecule has 0 saturated carbocycles. The number of hydrogen-bond donors (Lipinski definition) is 0. The number of carbonyl (C=O) groups excluding carboxylic acids is 1. The summed E-state index contributed by atoms with van der Waals surface area (Å²) in [6.07, 6.45) is -4.07. The van der Waals surface area contributed by atoms with Crippen molar-refractivity contribution in [1.29, 1.82) is 0 Å². The van der Waals surface area contributed by atoms with Gasteiger partial charge in [-0.3, -0.25) is 9.78 Å². The molecule has 0 saturated heterocycles. The maximum Gasteiger partial charge on any atom is 0.418 e. The van der Waals surface area contributed by atoms with Crippen LogP contribution >= 0.6 is 10.2 Å². The Bertz CT molecular complexity index is 1100. The highest BCUT2D eigenvalue weighted by molar-refractivity contribution is 8.45. The van der Waals surface area contributed by atoms with Gasteiger partial charge in [-0.25, -0.2) is 4.98 Å². The van der Waals surface area contributed by atoms with Crippen LogP contribution in [0.3, 0.4) is 0 Å². The van der Waals surface area contributed by atoms with Crippen molar-refractivity contribution in [2.24, 2.45) is 0 Å². The highest BCUT2D eigenvalue weighted by Crippen LogP contribution is 3.01. The van der Waals surface area contributed by atoms with Gasteiger partial charge in [0.1, 0.15) is 5.69 Å². The molecule has 1 aromatic carbocycles. The van der Waals surface area contributed by atoms with Crippen LogP contribution in [0, 0.1) is 0 Å². The Balaban J connectivity index is 2.45. The highest BCUT2D eigenvalue weighted by Gasteiger charge is 2.67. The Morgan fingerprint density at radius 2 is 1.61 bits per heavy atom. The van der Waals surface area contributed by atoms with Gasteiger partial charge < -0.3 is 0 Å². The van der Waals surface area contributed by atoms with E-state index in [0.29, 0.717) is 6.07 Å². The zero-order valence-corrected chi connectivity index (χ0v) is 14.2. The lowest BCUT2D eigenvalue weighted by atomic mass is 10.0. The molecule has 0 unspecified atom stereocenters. The van der Waals surface area contributed by atoms with E-state index in [1.54, 1.807) is 0 Å². The van der Waals surface area contributed by atoms with E-state index in [1.807, 2.05) is 0 Å². The van der Waals surface area contributed by atoms with Crippen LogP contribution in [-0.2, 0) is 6.18 Å². The average Bonchev–Trinajstić information content (AvgIpc) is 2.57. The number of carbonyl (C=O) groups is 1. The Morgan fingerprint density at radius 1 is 0.929 bits per heavy atom. The van der Waals surface area contributed by atoms with Crippen molar-refractivity contribution in [2.45, 2.75) is 11.2 Å². The molecule has 2 heterocycles. The number of pyridine rings is 2. The van der Waals surface area contributed by atoms with E-state index in [-0.39, 0.29) is 6.07 Å². The van der Waals surface area contributed by atoms with Gasteiger partial charge in [-0.1, -0.05) is 37.6 Å². The number of hydrogen-bond acceptors (Lipinski definition) is 3. The second kappa shape index (κ2) is 5.40. The molecule has 0 radical (unpaired) electrons. The van der Waals surface area contributed by atoms with Crippen LogP contribution < -0.4 is 0 Å². The molecule has 0 aliphatic heterocycles. The summed E-state index contributed by atoms with van der Waals surface area (Å²) < 4.78 is 106. The lowest BCUT2D eigenvalue weighted by molar-refractivity contribution is -0.136. The zero-order valence-electron chi connectivity index (χ0n) is 13.4. The second-order valence-electron chi connectivity index (χ2n) is 5.72. The molecule has 0 aliphatic rings. The molecule has 3 aromatic rings. The predicted molar refractivity (Wildman–Crippen MR) is 85.8 cm³/mol. The van der Waals surface area contributed by atoms with Gasteiger partial charge in [0.2, 0.25) is 5.78 Å². The van der Waals surface area contributed by atoms with Crippen LogP contribution in [-0.4, -0.2) is 15.8 Å². The van der Waals surface area contributed by atoms with Crippen molar-refractivity contribution in [3.05, 3.63) is 65.5 Å². The first kappa shape index (κ1) is 20.0. The van der Waals surface area contributed by atoms with Gasteiger partial charge in [0.15, 0.2) is 5.03 Å². The Kier molecular flexibility index (Phi) is 3.85. The molecule has 0 spiro atoms. The van der Waals surface area contributed by atoms with Crippen molar-refractivity contribution in [2.75, 3.05) is 0 Å². The molecule has 0 atom stereocenters. The van der Waals surface area contributed by atoms with Crippen LogP contribution in [0.5, 0.6) is 0 Å². The van der Waals surface area contributed by atoms with E-state index in [2.05, 4.69) is 9.97 Å². The van der Waals surface area contributed by atoms with Gasteiger partial charge in [-0.05, 0) is 24.3 Å². The van der Waals surface area contributed by atoms with Gasteiger partial charge in [-0.2, -0.15) is 13.2 Å². The van der Waals surface area contributed by atoms with E-state index in [1.165, 1.54) is 12.1 Å². The molecule has 12 heteroatoms. The van der Waals surface area contributed by atoms with Crippen LogP contribution in [0.15, 0.2) is 53.7 Å². The number of aromatic nitrogens is 2. The Labute approximate surface area is 151 Å². The summed E-state index contributed by atoms with van der Waals surface area (Å²) in [6.45, 7) is 0. The highest BCUT2D eigenvalue weighted by atomic mass is 32.5. The van der Waals surface area contributed by atoms with Crippen molar-refractivity contribution >= 4 is 26.9 Å². The molecule has 28 heavy (non-hydrogen) atoms. The summed E-state index contributed by atoms with van der Waals surface area (Å²) in [5, 5.41) is -3.49. The summed E-state index contributed by atoms with van der Waals surface area (Å²) >= 11 is 0. The minimum Gasteiger partial charge on any atom is -0.287 e. The first-order valence-corrected chi connectivity index (χ1v) is 9.24. The average molecular weight is 428 g/mol. The van der Waals surface area contributed by atoms with Gasteiger partial charge in [0, 0.05) is 17.1 Å². The molecule has 0 amide bonds. The van der Waals surface area contributed by atoms with Gasteiger partial charge in [0.25, 0.3) is 0 Å². The quantitative estimate of drug-likeness (QED) is 0.352. The molecular formula is C16H8F8N2OS. The molecule has 0 fully saturated rings. The zero-order chi connectivity index (χ0) is 21.0. The second-order valence-corrected chi connectivity index (χ2v) is 8.08. The number of alkyl halides is 3. The van der Waals surface area contributed by atoms with Gasteiger partial charge in [0.05, 0.1) is 11.1 Å². The molecule has 0 bridgehead atoms. The Morgan fingerprint density at radius 3 is 2.14 bits per heavy atom. The molecular weight excluding hydrogens is 420 g/mol. The van der Waals surface area contributed by atoms with E-state index in [9.17, 15) is 37.4 Å². The molecule has 3 rings (SSSR count). The standard InChI is InChI=1S/C16H8F8N2OS/c17-16(18,19)11-5-3-4-9-10(15(27)12-6-1-2-7-25-12)8-13(26-14(9)11)28(20,21,22,23)24/h1-8H. The summed E-state index contributed by atoms with van der Waals surface area (Å²) in [7, 11) is -10.5. The SMILES string of the molecule is O=C(c1ccccn1)c1cc(S(F)(F)(F)(F)F)nc2c(C(F)(F)F)cccc12. The number of benzene rings is 1. The minimum absolute atomic E-state index is 0.235. The fourth-order valence-electron chi connectivity index (χ4n) is 2.47. The van der Waals surface area contributed by atoms with E-state index < -0.39 is 54.9 Å². The number of fused-ring (bicyclic) bond motifs is 1. The normalized spacial score (nSPS) is 15.1. The van der Waals surface area contributed by atoms with Crippen LogP contribution in [0.1, 0.15) is 21.6 Å². The number of ketones is 1. The summed E-state index contributed by atoms with van der Waals surface area (Å²) in [5.74, 6) is -1.25. The number of nitrogens with zero attached hydrogens (tertiary/aromatic N) is 2. The fraction of sp³-hybridized carbons (Fsp3) is 0.0625. The van der Waals surface area contributed by atoms with E-state index in [0.717, 1.165) is 24.4 Å². The van der Waals surface area contributed by atoms with Crippen molar-refractivity contribution in [3.8, 4) is 0 Å². The molecule has 0 N–H and O–H groups in total. The van der Waals surface area contributed by atoms with E-state index in [4.69, 9.17) is 0 Å². The molecule has 150 valence electrons. The van der Waals surface area contributed by atoms with Gasteiger partial charge in [-0.15, -0.1) is 0 Å². The van der Waals surface area contributed by atoms with Crippen molar-refractivity contribution in [1.82, 2.24) is 9.97 Å². The van der Waals surface area contributed by atoms with Crippen molar-refractivity contribution in [3.63, 3.8) is 0 Å². The number of rotatable bonds is 3. The van der Waals surface area contributed by atoms with Crippen molar-refractivity contribution < 1.29 is 37.4 Å².